The number of nitrogens with one attached hydrogen (secondary N) is 1. The average molecular weight is 217 g/mol. The molecule has 0 aliphatic rings. The molecule has 1 N–H and O–H groups in total. The Morgan fingerprint density at radius 1 is 1.50 bits per heavy atom. The number of unbranched alkanes of at least 4 members (excludes halogenated alkanes) is 1. The highest BCUT2D eigenvalue weighted by Crippen LogP contribution is 2.04. The molecule has 0 bridgehead atoms. The summed E-state index contributed by atoms with van der Waals surface area (Å²) >= 11 is 0. The largest absolute Gasteiger partial charge is 0.352 e. The monoisotopic (exact) mass is 217 g/mol. The van der Waals surface area contributed by atoms with Crippen LogP contribution in [0.2, 0.25) is 0 Å². The summed E-state index contributed by atoms with van der Waals surface area (Å²) in [5.74, 6) is 2.41. The zero-order chi connectivity index (χ0) is 12.0. The number of nitrogens with zero attached hydrogens (tertiary/aromatic N) is 2. The molecule has 0 aliphatic carbocycles. The van der Waals surface area contributed by atoms with E-state index in [1.54, 1.807) is 13.0 Å². The summed E-state index contributed by atoms with van der Waals surface area (Å²) in [6.07, 6.45) is 6.58. The molecule has 0 aromatic carbocycles. The minimum absolute atomic E-state index is 0.118. The Balaban J connectivity index is 2.59. The fourth-order valence-electron chi connectivity index (χ4n) is 1.27. The number of aromatic nitrogens is 2. The first kappa shape index (κ1) is 12.2. The summed E-state index contributed by atoms with van der Waals surface area (Å²) in [6, 6.07) is 1.73. The van der Waals surface area contributed by atoms with Crippen molar-refractivity contribution in [3.8, 4) is 12.3 Å². The van der Waals surface area contributed by atoms with Crippen LogP contribution in [0.15, 0.2) is 6.07 Å². The zero-order valence-corrected chi connectivity index (χ0v) is 9.58. The lowest BCUT2D eigenvalue weighted by atomic mass is 10.2. The molecule has 1 aromatic rings. The molecule has 0 saturated heterocycles. The van der Waals surface area contributed by atoms with Gasteiger partial charge in [-0.25, -0.2) is 0 Å². The Morgan fingerprint density at radius 3 is 2.94 bits per heavy atom. The maximum atomic E-state index is 11.8. The standard InChI is InChI=1S/C12H15N3O/c1-4-5-6-7-13-12(16)11-8-9(2)14-15-10(11)3/h1,8H,5-7H2,2-3H3,(H,13,16). The number of hydrogen-bond acceptors (Lipinski definition) is 3. The van der Waals surface area contributed by atoms with Crippen molar-refractivity contribution in [1.29, 1.82) is 0 Å². The van der Waals surface area contributed by atoms with E-state index in [4.69, 9.17) is 6.42 Å². The molecular formula is C12H15N3O. The number of terminal acetylenes is 1. The molecule has 0 aliphatic heterocycles. The van der Waals surface area contributed by atoms with Gasteiger partial charge in [-0.3, -0.25) is 4.79 Å². The van der Waals surface area contributed by atoms with Crippen molar-refractivity contribution >= 4 is 5.91 Å². The fourth-order valence-corrected chi connectivity index (χ4v) is 1.27. The molecule has 4 nitrogen and oxygen atoms in total. The van der Waals surface area contributed by atoms with Crippen LogP contribution in [0.5, 0.6) is 0 Å². The summed E-state index contributed by atoms with van der Waals surface area (Å²) in [6.45, 7) is 4.16. The molecule has 0 atom stereocenters. The number of amides is 1. The van der Waals surface area contributed by atoms with Crippen LogP contribution in [0.25, 0.3) is 0 Å². The van der Waals surface area contributed by atoms with Crippen molar-refractivity contribution in [2.75, 3.05) is 6.54 Å². The third-order valence-corrected chi connectivity index (χ3v) is 2.13. The van der Waals surface area contributed by atoms with E-state index < -0.39 is 0 Å². The summed E-state index contributed by atoms with van der Waals surface area (Å²) in [5.41, 5.74) is 1.95. The highest BCUT2D eigenvalue weighted by atomic mass is 16.1. The van der Waals surface area contributed by atoms with Crippen molar-refractivity contribution in [3.63, 3.8) is 0 Å². The second-order valence-corrected chi connectivity index (χ2v) is 3.55. The van der Waals surface area contributed by atoms with E-state index in [0.717, 1.165) is 12.1 Å². The summed E-state index contributed by atoms with van der Waals surface area (Å²) < 4.78 is 0. The molecule has 0 spiro atoms. The predicted molar refractivity (Wildman–Crippen MR) is 61.9 cm³/mol. The number of carbonyl (C=O) groups is 1. The highest BCUT2D eigenvalue weighted by molar-refractivity contribution is 5.95. The topological polar surface area (TPSA) is 54.9 Å². The van der Waals surface area contributed by atoms with E-state index in [1.807, 2.05) is 6.92 Å². The van der Waals surface area contributed by atoms with Gasteiger partial charge in [0.2, 0.25) is 0 Å². The van der Waals surface area contributed by atoms with E-state index in [0.29, 0.717) is 24.2 Å². The van der Waals surface area contributed by atoms with Gasteiger partial charge < -0.3 is 5.32 Å². The number of rotatable bonds is 4. The first-order chi connectivity index (χ1) is 7.65. The molecule has 1 aromatic heterocycles. The van der Waals surface area contributed by atoms with Crippen molar-refractivity contribution in [3.05, 3.63) is 23.0 Å². The number of aryl methyl sites for hydroxylation is 2. The molecule has 0 unspecified atom stereocenters. The van der Waals surface area contributed by atoms with E-state index >= 15 is 0 Å². The Kier molecular flexibility index (Phi) is 4.46. The molecular weight excluding hydrogens is 202 g/mol. The van der Waals surface area contributed by atoms with Crippen LogP contribution in [-0.2, 0) is 0 Å². The third kappa shape index (κ3) is 3.35. The molecule has 1 amide bonds. The van der Waals surface area contributed by atoms with Crippen LogP contribution < -0.4 is 5.32 Å². The fraction of sp³-hybridized carbons (Fsp3) is 0.417. The molecule has 0 fully saturated rings. The lowest BCUT2D eigenvalue weighted by Gasteiger charge is -2.06. The lowest BCUT2D eigenvalue weighted by molar-refractivity contribution is 0.0952. The number of carbonyl (C=O) groups excluding carboxylic acids is 1. The van der Waals surface area contributed by atoms with Gasteiger partial charge in [-0.05, 0) is 26.3 Å². The van der Waals surface area contributed by atoms with Crippen LogP contribution in [-0.4, -0.2) is 22.6 Å². The van der Waals surface area contributed by atoms with Crippen molar-refractivity contribution in [2.24, 2.45) is 0 Å². The van der Waals surface area contributed by atoms with Gasteiger partial charge in [0.15, 0.2) is 0 Å². The van der Waals surface area contributed by atoms with Crippen LogP contribution in [0.4, 0.5) is 0 Å². The molecule has 4 heteroatoms. The van der Waals surface area contributed by atoms with Gasteiger partial charge in [0.25, 0.3) is 5.91 Å². The smallest absolute Gasteiger partial charge is 0.253 e. The highest BCUT2D eigenvalue weighted by Gasteiger charge is 2.09. The maximum absolute atomic E-state index is 11.8. The molecule has 0 saturated carbocycles. The van der Waals surface area contributed by atoms with E-state index in [2.05, 4.69) is 21.4 Å². The molecule has 1 heterocycles. The van der Waals surface area contributed by atoms with Gasteiger partial charge in [-0.2, -0.15) is 10.2 Å². The van der Waals surface area contributed by atoms with Crippen LogP contribution >= 0.6 is 0 Å². The second kappa shape index (κ2) is 5.86. The molecule has 1 rings (SSSR count). The van der Waals surface area contributed by atoms with Crippen LogP contribution in [0, 0.1) is 26.2 Å². The summed E-state index contributed by atoms with van der Waals surface area (Å²) in [4.78, 5) is 11.8. The van der Waals surface area contributed by atoms with Crippen LogP contribution in [0.3, 0.4) is 0 Å². The van der Waals surface area contributed by atoms with Gasteiger partial charge in [-0.1, -0.05) is 0 Å². The van der Waals surface area contributed by atoms with Gasteiger partial charge in [0.05, 0.1) is 17.0 Å². The Morgan fingerprint density at radius 2 is 2.25 bits per heavy atom. The van der Waals surface area contributed by atoms with Crippen molar-refractivity contribution in [2.45, 2.75) is 26.7 Å². The van der Waals surface area contributed by atoms with E-state index in [-0.39, 0.29) is 5.91 Å². The SMILES string of the molecule is C#CCCCNC(=O)c1cc(C)nnc1C. The maximum Gasteiger partial charge on any atom is 0.253 e. The molecule has 16 heavy (non-hydrogen) atoms. The van der Waals surface area contributed by atoms with Gasteiger partial charge in [0, 0.05) is 13.0 Å². The Labute approximate surface area is 95.5 Å². The van der Waals surface area contributed by atoms with Crippen LogP contribution in [0.1, 0.15) is 34.6 Å². The quantitative estimate of drug-likeness (QED) is 0.609. The summed E-state index contributed by atoms with van der Waals surface area (Å²) in [7, 11) is 0. The third-order valence-electron chi connectivity index (χ3n) is 2.13. The Bertz CT molecular complexity index is 421. The Hall–Kier alpha value is -1.89. The molecule has 0 radical (unpaired) electrons. The predicted octanol–water partition coefficient (Wildman–Crippen LogP) is 1.24. The first-order valence-electron chi connectivity index (χ1n) is 5.17. The normalized spacial score (nSPS) is 9.56. The minimum Gasteiger partial charge on any atom is -0.352 e. The van der Waals surface area contributed by atoms with Gasteiger partial charge in [0.1, 0.15) is 0 Å². The van der Waals surface area contributed by atoms with Crippen molar-refractivity contribution in [1.82, 2.24) is 15.5 Å². The summed E-state index contributed by atoms with van der Waals surface area (Å²) in [5, 5.41) is 10.6. The minimum atomic E-state index is -0.118. The zero-order valence-electron chi connectivity index (χ0n) is 9.58. The van der Waals surface area contributed by atoms with E-state index in [1.165, 1.54) is 0 Å². The van der Waals surface area contributed by atoms with E-state index in [9.17, 15) is 4.79 Å². The van der Waals surface area contributed by atoms with Gasteiger partial charge in [-0.15, -0.1) is 12.3 Å². The first-order valence-corrected chi connectivity index (χ1v) is 5.17. The second-order valence-electron chi connectivity index (χ2n) is 3.55. The van der Waals surface area contributed by atoms with Crippen molar-refractivity contribution < 1.29 is 4.79 Å². The number of hydrogen-bond donors (Lipinski definition) is 1. The average Bonchev–Trinajstić information content (AvgIpc) is 2.27. The lowest BCUT2D eigenvalue weighted by Crippen LogP contribution is -2.25. The molecule has 84 valence electrons. The van der Waals surface area contributed by atoms with Gasteiger partial charge >= 0.3 is 0 Å².